The summed E-state index contributed by atoms with van der Waals surface area (Å²) in [6.07, 6.45) is 8.22. The van der Waals surface area contributed by atoms with Crippen LogP contribution in [0.15, 0.2) is 97.1 Å². The van der Waals surface area contributed by atoms with Crippen LogP contribution in [0, 0.1) is 5.92 Å². The lowest BCUT2D eigenvalue weighted by atomic mass is 9.94. The monoisotopic (exact) mass is 411 g/mol. The van der Waals surface area contributed by atoms with Crippen LogP contribution in [0.1, 0.15) is 42.1 Å². The molecule has 0 amide bonds. The van der Waals surface area contributed by atoms with Gasteiger partial charge in [0.1, 0.15) is 6.10 Å². The van der Waals surface area contributed by atoms with E-state index in [-0.39, 0.29) is 6.10 Å². The Morgan fingerprint density at radius 3 is 1.90 bits per heavy atom. The number of ether oxygens (including phenoxy) is 1. The van der Waals surface area contributed by atoms with Crippen molar-refractivity contribution in [1.82, 2.24) is 4.90 Å². The number of hydrogen-bond donors (Lipinski definition) is 0. The Kier molecular flexibility index (Phi) is 8.09. The average Bonchev–Trinajstić information content (AvgIpc) is 2.85. The van der Waals surface area contributed by atoms with Gasteiger partial charge in [0.05, 0.1) is 0 Å². The predicted molar refractivity (Wildman–Crippen MR) is 130 cm³/mol. The van der Waals surface area contributed by atoms with E-state index >= 15 is 0 Å². The summed E-state index contributed by atoms with van der Waals surface area (Å²) in [4.78, 5) is 2.56. The van der Waals surface area contributed by atoms with Gasteiger partial charge in [-0.05, 0) is 55.0 Å². The van der Waals surface area contributed by atoms with Gasteiger partial charge in [0.2, 0.25) is 0 Å². The summed E-state index contributed by atoms with van der Waals surface area (Å²) < 4.78 is 6.43. The Labute approximate surface area is 187 Å². The molecular weight excluding hydrogens is 378 g/mol. The molecule has 0 bridgehead atoms. The van der Waals surface area contributed by atoms with Crippen molar-refractivity contribution in [3.8, 4) is 0 Å². The minimum Gasteiger partial charge on any atom is -0.369 e. The third-order valence-corrected chi connectivity index (χ3v) is 6.20. The molecule has 31 heavy (non-hydrogen) atoms. The lowest BCUT2D eigenvalue weighted by Crippen LogP contribution is -2.34. The van der Waals surface area contributed by atoms with Gasteiger partial charge in [-0.1, -0.05) is 103 Å². The second-order valence-electron chi connectivity index (χ2n) is 8.42. The highest BCUT2D eigenvalue weighted by molar-refractivity contribution is 5.48. The van der Waals surface area contributed by atoms with Crippen LogP contribution in [-0.2, 0) is 4.74 Å². The van der Waals surface area contributed by atoms with Gasteiger partial charge in [-0.3, -0.25) is 4.90 Å². The summed E-state index contributed by atoms with van der Waals surface area (Å²) in [5.74, 6) is 0.765. The second-order valence-corrected chi connectivity index (χ2v) is 8.42. The van der Waals surface area contributed by atoms with Crippen molar-refractivity contribution in [3.63, 3.8) is 0 Å². The van der Waals surface area contributed by atoms with Gasteiger partial charge >= 0.3 is 0 Å². The molecule has 0 unspecified atom stereocenters. The molecule has 160 valence electrons. The standard InChI is InChI=1S/C29H33NO/c1-4-11-25(12-5-1)13-10-21-30-22-18-26(19-23-30)20-24-31-29(27-14-6-2-7-15-27)28-16-8-3-9-17-28/h1-17,26,29H,18-24H2/b13-10-. The molecule has 1 aliphatic heterocycles. The van der Waals surface area contributed by atoms with Crippen LogP contribution in [0.3, 0.4) is 0 Å². The topological polar surface area (TPSA) is 12.5 Å². The van der Waals surface area contributed by atoms with Gasteiger partial charge < -0.3 is 4.74 Å². The second kappa shape index (κ2) is 11.6. The average molecular weight is 412 g/mol. The SMILES string of the molecule is C(=C/c1ccccc1)/CN1CCC(CCOC(c2ccccc2)c2ccccc2)CC1. The molecule has 3 aromatic carbocycles. The van der Waals surface area contributed by atoms with Gasteiger partial charge in [0, 0.05) is 13.2 Å². The molecule has 0 saturated carbocycles. The van der Waals surface area contributed by atoms with E-state index in [1.807, 2.05) is 0 Å². The molecule has 0 N–H and O–H groups in total. The van der Waals surface area contributed by atoms with E-state index in [2.05, 4.69) is 108 Å². The first-order valence-electron chi connectivity index (χ1n) is 11.5. The fourth-order valence-corrected chi connectivity index (χ4v) is 4.35. The minimum absolute atomic E-state index is 0.0191. The number of hydrogen-bond acceptors (Lipinski definition) is 2. The lowest BCUT2D eigenvalue weighted by Gasteiger charge is -2.31. The van der Waals surface area contributed by atoms with Crippen LogP contribution in [0.4, 0.5) is 0 Å². The molecule has 0 aliphatic carbocycles. The first-order valence-corrected chi connectivity index (χ1v) is 11.5. The predicted octanol–water partition coefficient (Wildman–Crippen LogP) is 6.61. The Morgan fingerprint density at radius 1 is 0.774 bits per heavy atom. The van der Waals surface area contributed by atoms with Gasteiger partial charge in [0.15, 0.2) is 0 Å². The Morgan fingerprint density at radius 2 is 1.32 bits per heavy atom. The third kappa shape index (κ3) is 6.65. The van der Waals surface area contributed by atoms with Crippen LogP contribution in [0.25, 0.3) is 6.08 Å². The van der Waals surface area contributed by atoms with Crippen molar-refractivity contribution in [3.05, 3.63) is 114 Å². The first kappa shape index (κ1) is 21.5. The summed E-state index contributed by atoms with van der Waals surface area (Å²) in [7, 11) is 0. The van der Waals surface area contributed by atoms with Crippen molar-refractivity contribution in [2.75, 3.05) is 26.2 Å². The van der Waals surface area contributed by atoms with E-state index in [1.54, 1.807) is 0 Å². The maximum atomic E-state index is 6.43. The van der Waals surface area contributed by atoms with E-state index in [4.69, 9.17) is 4.74 Å². The molecule has 0 aromatic heterocycles. The first-order chi connectivity index (χ1) is 15.4. The Hall–Kier alpha value is -2.68. The molecule has 3 aromatic rings. The van der Waals surface area contributed by atoms with Crippen LogP contribution in [-0.4, -0.2) is 31.1 Å². The van der Waals surface area contributed by atoms with Crippen molar-refractivity contribution in [1.29, 1.82) is 0 Å². The molecule has 1 heterocycles. The van der Waals surface area contributed by atoms with E-state index in [0.29, 0.717) is 0 Å². The molecule has 1 aliphatic rings. The Bertz CT molecular complexity index is 860. The smallest absolute Gasteiger partial charge is 0.108 e. The zero-order valence-electron chi connectivity index (χ0n) is 18.3. The highest BCUT2D eigenvalue weighted by atomic mass is 16.5. The highest BCUT2D eigenvalue weighted by Crippen LogP contribution is 2.27. The van der Waals surface area contributed by atoms with Crippen LogP contribution in [0.5, 0.6) is 0 Å². The molecule has 4 rings (SSSR count). The largest absolute Gasteiger partial charge is 0.369 e. The fraction of sp³-hybridized carbons (Fsp3) is 0.310. The number of piperidine rings is 1. The molecular formula is C29H33NO. The number of rotatable bonds is 9. The fourth-order valence-electron chi connectivity index (χ4n) is 4.35. The van der Waals surface area contributed by atoms with Crippen LogP contribution >= 0.6 is 0 Å². The summed E-state index contributed by atoms with van der Waals surface area (Å²) in [5, 5.41) is 0. The van der Waals surface area contributed by atoms with E-state index in [0.717, 1.165) is 25.5 Å². The quantitative estimate of drug-likeness (QED) is 0.393. The molecule has 2 nitrogen and oxygen atoms in total. The van der Waals surface area contributed by atoms with Gasteiger partial charge in [-0.25, -0.2) is 0 Å². The lowest BCUT2D eigenvalue weighted by molar-refractivity contribution is 0.0610. The molecule has 0 radical (unpaired) electrons. The zero-order valence-corrected chi connectivity index (χ0v) is 18.3. The summed E-state index contributed by atoms with van der Waals surface area (Å²) in [6, 6.07) is 31.7. The number of likely N-dealkylation sites (tertiary alicyclic amines) is 1. The van der Waals surface area contributed by atoms with Crippen LogP contribution in [0.2, 0.25) is 0 Å². The van der Waals surface area contributed by atoms with Gasteiger partial charge in [0.25, 0.3) is 0 Å². The molecule has 0 atom stereocenters. The number of nitrogens with zero attached hydrogens (tertiary/aromatic N) is 1. The minimum atomic E-state index is 0.0191. The van der Waals surface area contributed by atoms with Gasteiger partial charge in [-0.2, -0.15) is 0 Å². The summed E-state index contributed by atoms with van der Waals surface area (Å²) >= 11 is 0. The normalized spacial score (nSPS) is 15.6. The van der Waals surface area contributed by atoms with Gasteiger partial charge in [-0.15, -0.1) is 0 Å². The van der Waals surface area contributed by atoms with Crippen LogP contribution < -0.4 is 0 Å². The summed E-state index contributed by atoms with van der Waals surface area (Å²) in [6.45, 7) is 4.23. The zero-order chi connectivity index (χ0) is 21.1. The maximum Gasteiger partial charge on any atom is 0.108 e. The van der Waals surface area contributed by atoms with Crippen molar-refractivity contribution < 1.29 is 4.74 Å². The summed E-state index contributed by atoms with van der Waals surface area (Å²) in [5.41, 5.74) is 3.74. The van der Waals surface area contributed by atoms with Crippen molar-refractivity contribution >= 4 is 6.08 Å². The van der Waals surface area contributed by atoms with E-state index in [1.165, 1.54) is 42.6 Å². The maximum absolute atomic E-state index is 6.43. The van der Waals surface area contributed by atoms with Crippen molar-refractivity contribution in [2.24, 2.45) is 5.92 Å². The molecule has 1 saturated heterocycles. The molecule has 0 spiro atoms. The highest BCUT2D eigenvalue weighted by Gasteiger charge is 2.20. The van der Waals surface area contributed by atoms with Crippen molar-refractivity contribution in [2.45, 2.75) is 25.4 Å². The molecule has 2 heteroatoms. The number of benzene rings is 3. The Balaban J connectivity index is 1.22. The third-order valence-electron chi connectivity index (χ3n) is 6.20. The van der Waals surface area contributed by atoms with E-state index < -0.39 is 0 Å². The molecule has 1 fully saturated rings. The van der Waals surface area contributed by atoms with E-state index in [9.17, 15) is 0 Å².